The van der Waals surface area contributed by atoms with E-state index in [4.69, 9.17) is 5.11 Å². The molecule has 7 heteroatoms. The van der Waals surface area contributed by atoms with Crippen LogP contribution in [0.5, 0.6) is 0 Å². The van der Waals surface area contributed by atoms with Crippen molar-refractivity contribution in [3.63, 3.8) is 0 Å². The van der Waals surface area contributed by atoms with Crippen molar-refractivity contribution in [2.75, 3.05) is 0 Å². The molecule has 0 spiro atoms. The van der Waals surface area contributed by atoms with E-state index in [1.165, 1.54) is 12.1 Å². The van der Waals surface area contributed by atoms with Gasteiger partial charge in [0.1, 0.15) is 0 Å². The number of hydrogen-bond acceptors (Lipinski definition) is 2. The summed E-state index contributed by atoms with van der Waals surface area (Å²) >= 11 is 0. The van der Waals surface area contributed by atoms with Gasteiger partial charge in [-0.1, -0.05) is 18.2 Å². The molecule has 1 aromatic heterocycles. The van der Waals surface area contributed by atoms with E-state index in [2.05, 4.69) is 4.98 Å². The molecule has 0 bridgehead atoms. The van der Waals surface area contributed by atoms with E-state index in [0.717, 1.165) is 24.4 Å². The number of carboxylic acid groups (broad SMARTS) is 1. The molecule has 1 heterocycles. The Labute approximate surface area is 110 Å². The van der Waals surface area contributed by atoms with Crippen molar-refractivity contribution in [2.24, 2.45) is 0 Å². The van der Waals surface area contributed by atoms with E-state index >= 15 is 0 Å². The van der Waals surface area contributed by atoms with Gasteiger partial charge in [0.25, 0.3) is 5.56 Å². The average molecular weight is 283 g/mol. The molecule has 2 N–H and O–H groups in total. The van der Waals surface area contributed by atoms with Crippen molar-refractivity contribution in [3.8, 4) is 11.1 Å². The lowest BCUT2D eigenvalue weighted by Crippen LogP contribution is -2.14. The molecule has 0 amide bonds. The van der Waals surface area contributed by atoms with Crippen LogP contribution in [0.25, 0.3) is 11.1 Å². The first kappa shape index (κ1) is 13.9. The molecule has 0 fully saturated rings. The number of carboxylic acids is 1. The van der Waals surface area contributed by atoms with Crippen LogP contribution < -0.4 is 5.56 Å². The minimum Gasteiger partial charge on any atom is -0.478 e. The van der Waals surface area contributed by atoms with Crippen LogP contribution in [0.3, 0.4) is 0 Å². The number of alkyl halides is 3. The molecule has 0 aliphatic heterocycles. The molecule has 4 nitrogen and oxygen atoms in total. The number of rotatable bonds is 2. The van der Waals surface area contributed by atoms with Crippen molar-refractivity contribution in [2.45, 2.75) is 6.18 Å². The van der Waals surface area contributed by atoms with Crippen molar-refractivity contribution < 1.29 is 23.1 Å². The fraction of sp³-hybridized carbons (Fsp3) is 0.0769. The third-order valence-electron chi connectivity index (χ3n) is 2.67. The monoisotopic (exact) mass is 283 g/mol. The average Bonchev–Trinajstić information content (AvgIpc) is 2.38. The van der Waals surface area contributed by atoms with Gasteiger partial charge in [0.05, 0.1) is 11.1 Å². The van der Waals surface area contributed by atoms with E-state index in [9.17, 15) is 22.8 Å². The van der Waals surface area contributed by atoms with Crippen LogP contribution in [0, 0.1) is 0 Å². The predicted octanol–water partition coefficient (Wildman–Crippen LogP) is 2.76. The van der Waals surface area contributed by atoms with Gasteiger partial charge in [0, 0.05) is 11.8 Å². The van der Waals surface area contributed by atoms with Crippen molar-refractivity contribution in [1.29, 1.82) is 0 Å². The van der Waals surface area contributed by atoms with Crippen LogP contribution in [-0.2, 0) is 6.18 Å². The summed E-state index contributed by atoms with van der Waals surface area (Å²) in [7, 11) is 0. The maximum Gasteiger partial charge on any atom is 0.417 e. The van der Waals surface area contributed by atoms with Gasteiger partial charge in [-0.05, 0) is 17.7 Å². The second kappa shape index (κ2) is 4.84. The largest absolute Gasteiger partial charge is 0.478 e. The summed E-state index contributed by atoms with van der Waals surface area (Å²) in [6, 6.07) is 5.42. The lowest BCUT2D eigenvalue weighted by molar-refractivity contribution is -0.137. The highest BCUT2D eigenvalue weighted by molar-refractivity contribution is 5.89. The minimum atomic E-state index is -4.64. The lowest BCUT2D eigenvalue weighted by Gasteiger charge is -2.12. The smallest absolute Gasteiger partial charge is 0.417 e. The van der Waals surface area contributed by atoms with Crippen LogP contribution in [0.2, 0.25) is 0 Å². The Kier molecular flexibility index (Phi) is 3.35. The van der Waals surface area contributed by atoms with Crippen molar-refractivity contribution in [1.82, 2.24) is 4.98 Å². The van der Waals surface area contributed by atoms with Crippen LogP contribution in [-0.4, -0.2) is 16.1 Å². The molecule has 0 aliphatic carbocycles. The number of H-pyrrole nitrogens is 1. The first-order valence-electron chi connectivity index (χ1n) is 5.43. The van der Waals surface area contributed by atoms with Crippen LogP contribution in [0.4, 0.5) is 13.2 Å². The molecule has 0 radical (unpaired) electrons. The number of aromatic amines is 1. The van der Waals surface area contributed by atoms with Crippen molar-refractivity contribution >= 4 is 5.97 Å². The fourth-order valence-electron chi connectivity index (χ4n) is 1.77. The summed E-state index contributed by atoms with van der Waals surface area (Å²) in [6.45, 7) is 0. The Morgan fingerprint density at radius 2 is 1.80 bits per heavy atom. The molecular formula is C13H8F3NO3. The minimum absolute atomic E-state index is 0.295. The molecular weight excluding hydrogens is 275 g/mol. The Morgan fingerprint density at radius 3 is 2.40 bits per heavy atom. The van der Waals surface area contributed by atoms with Gasteiger partial charge < -0.3 is 10.1 Å². The molecule has 104 valence electrons. The highest BCUT2D eigenvalue weighted by atomic mass is 19.4. The van der Waals surface area contributed by atoms with E-state index in [0.29, 0.717) is 0 Å². The molecule has 1 aromatic carbocycles. The summed E-state index contributed by atoms with van der Waals surface area (Å²) in [5.74, 6) is -1.34. The van der Waals surface area contributed by atoms with Gasteiger partial charge in [-0.3, -0.25) is 4.79 Å². The molecule has 0 atom stereocenters. The Balaban J connectivity index is 2.72. The Bertz CT molecular complexity index is 719. The van der Waals surface area contributed by atoms with Gasteiger partial charge in [0.15, 0.2) is 0 Å². The number of carbonyl (C=O) groups is 1. The molecule has 0 aliphatic rings. The van der Waals surface area contributed by atoms with Crippen LogP contribution in [0.15, 0.2) is 41.3 Å². The number of aromatic carboxylic acids is 1. The number of halogens is 3. The standard InChI is InChI=1S/C13H8F3NO3/c14-13(15,16)10-4-2-1-3-8(10)9-5-7(12(19)20)6-17-11(9)18/h1-6H,(H,17,18)(H,19,20). The summed E-state index contributed by atoms with van der Waals surface area (Å²) in [6.07, 6.45) is -3.70. The number of aromatic nitrogens is 1. The quantitative estimate of drug-likeness (QED) is 0.890. The normalized spacial score (nSPS) is 11.3. The molecule has 20 heavy (non-hydrogen) atoms. The molecule has 0 saturated heterocycles. The number of benzene rings is 1. The second-order valence-corrected chi connectivity index (χ2v) is 3.98. The van der Waals surface area contributed by atoms with Crippen LogP contribution in [0.1, 0.15) is 15.9 Å². The van der Waals surface area contributed by atoms with Gasteiger partial charge >= 0.3 is 12.1 Å². The summed E-state index contributed by atoms with van der Waals surface area (Å²) < 4.78 is 38.7. The summed E-state index contributed by atoms with van der Waals surface area (Å²) in [4.78, 5) is 24.6. The van der Waals surface area contributed by atoms with Crippen LogP contribution >= 0.6 is 0 Å². The Hall–Kier alpha value is -2.57. The van der Waals surface area contributed by atoms with Gasteiger partial charge in [-0.15, -0.1) is 0 Å². The van der Waals surface area contributed by atoms with E-state index in [1.54, 1.807) is 0 Å². The molecule has 0 saturated carbocycles. The maximum atomic E-state index is 12.9. The highest BCUT2D eigenvalue weighted by Gasteiger charge is 2.33. The zero-order valence-corrected chi connectivity index (χ0v) is 9.86. The SMILES string of the molecule is O=C(O)c1c[nH]c(=O)c(-c2ccccc2C(F)(F)F)c1. The Morgan fingerprint density at radius 1 is 1.15 bits per heavy atom. The topological polar surface area (TPSA) is 70.2 Å². The zero-order valence-electron chi connectivity index (χ0n) is 9.86. The number of pyridine rings is 1. The van der Waals surface area contributed by atoms with Gasteiger partial charge in [0.2, 0.25) is 0 Å². The first-order chi connectivity index (χ1) is 9.30. The maximum absolute atomic E-state index is 12.9. The number of nitrogens with one attached hydrogen (secondary N) is 1. The third-order valence-corrected chi connectivity index (χ3v) is 2.67. The highest BCUT2D eigenvalue weighted by Crippen LogP contribution is 2.35. The lowest BCUT2D eigenvalue weighted by atomic mass is 9.99. The number of hydrogen-bond donors (Lipinski definition) is 2. The second-order valence-electron chi connectivity index (χ2n) is 3.98. The van der Waals surface area contributed by atoms with Gasteiger partial charge in [-0.2, -0.15) is 13.2 Å². The first-order valence-corrected chi connectivity index (χ1v) is 5.43. The summed E-state index contributed by atoms with van der Waals surface area (Å²) in [5, 5.41) is 8.83. The van der Waals surface area contributed by atoms with E-state index in [1.807, 2.05) is 0 Å². The molecule has 2 rings (SSSR count). The van der Waals surface area contributed by atoms with E-state index in [-0.39, 0.29) is 16.7 Å². The zero-order chi connectivity index (χ0) is 14.9. The summed E-state index contributed by atoms with van der Waals surface area (Å²) in [5.41, 5.74) is -2.77. The van der Waals surface area contributed by atoms with Crippen molar-refractivity contribution in [3.05, 3.63) is 58.0 Å². The predicted molar refractivity (Wildman–Crippen MR) is 64.5 cm³/mol. The third kappa shape index (κ3) is 2.56. The van der Waals surface area contributed by atoms with Gasteiger partial charge in [-0.25, -0.2) is 4.79 Å². The molecule has 2 aromatic rings. The fourth-order valence-corrected chi connectivity index (χ4v) is 1.77. The molecule has 0 unspecified atom stereocenters. The van der Waals surface area contributed by atoms with E-state index < -0.39 is 23.3 Å².